The van der Waals surface area contributed by atoms with Crippen molar-refractivity contribution >= 4 is 35.0 Å². The normalized spacial score (nSPS) is 15.8. The number of ether oxygens (including phenoxy) is 2. The molecular weight excluding hydrogens is 591 g/mol. The second kappa shape index (κ2) is 12.9. The van der Waals surface area contributed by atoms with Crippen molar-refractivity contribution in [2.45, 2.75) is 32.9 Å². The van der Waals surface area contributed by atoms with Gasteiger partial charge in [-0.1, -0.05) is 25.4 Å². The highest BCUT2D eigenvalue weighted by Gasteiger charge is 2.28. The molecule has 0 saturated heterocycles. The van der Waals surface area contributed by atoms with Gasteiger partial charge in [0.05, 0.1) is 24.8 Å². The first-order valence-electron chi connectivity index (χ1n) is 14.0. The molecule has 1 atom stereocenters. The lowest BCUT2D eigenvalue weighted by Crippen LogP contribution is -2.49. The van der Waals surface area contributed by atoms with E-state index in [1.807, 2.05) is 13.8 Å². The van der Waals surface area contributed by atoms with Crippen LogP contribution in [0.4, 0.5) is 4.39 Å². The summed E-state index contributed by atoms with van der Waals surface area (Å²) < 4.78 is 27.9. The molecule has 0 radical (unpaired) electrons. The molecule has 2 N–H and O–H groups in total. The van der Waals surface area contributed by atoms with Gasteiger partial charge in [-0.3, -0.25) is 23.8 Å². The van der Waals surface area contributed by atoms with Crippen LogP contribution in [0.5, 0.6) is 11.5 Å². The minimum absolute atomic E-state index is 0.00977. The fourth-order valence-electron chi connectivity index (χ4n) is 5.17. The molecule has 0 saturated carbocycles. The predicted molar refractivity (Wildman–Crippen MR) is 161 cm³/mol. The van der Waals surface area contributed by atoms with E-state index >= 15 is 4.39 Å². The van der Waals surface area contributed by atoms with Crippen molar-refractivity contribution in [3.05, 3.63) is 76.7 Å². The number of rotatable bonds is 5. The van der Waals surface area contributed by atoms with Gasteiger partial charge >= 0.3 is 0 Å². The third-order valence-corrected chi connectivity index (χ3v) is 7.47. The molecule has 3 aromatic heterocycles. The zero-order chi connectivity index (χ0) is 31.5. The monoisotopic (exact) mass is 622 g/mol. The summed E-state index contributed by atoms with van der Waals surface area (Å²) in [7, 11) is 2.98. The van der Waals surface area contributed by atoms with Crippen LogP contribution in [-0.2, 0) is 11.3 Å². The van der Waals surface area contributed by atoms with E-state index in [0.717, 1.165) is 4.40 Å². The van der Waals surface area contributed by atoms with Gasteiger partial charge < -0.3 is 25.0 Å². The van der Waals surface area contributed by atoms with Crippen molar-refractivity contribution < 1.29 is 28.2 Å². The predicted octanol–water partition coefficient (Wildman–Crippen LogP) is 4.12. The fraction of sp³-hybridized carbons (Fsp3) is 0.323. The molecule has 11 nitrogen and oxygen atoms in total. The largest absolute Gasteiger partial charge is 0.493 e. The summed E-state index contributed by atoms with van der Waals surface area (Å²) in [5, 5.41) is 5.92. The van der Waals surface area contributed by atoms with E-state index in [1.165, 1.54) is 37.6 Å². The number of nitrogens with zero attached hydrogens (tertiary/aromatic N) is 4. The van der Waals surface area contributed by atoms with Crippen LogP contribution in [0.15, 0.2) is 48.9 Å². The van der Waals surface area contributed by atoms with Gasteiger partial charge in [0, 0.05) is 49.4 Å². The minimum atomic E-state index is -0.858. The van der Waals surface area contributed by atoms with Crippen LogP contribution in [0.2, 0.25) is 5.02 Å². The van der Waals surface area contributed by atoms with Crippen molar-refractivity contribution in [1.82, 2.24) is 29.9 Å². The quantitative estimate of drug-likeness (QED) is 0.343. The Kier molecular flexibility index (Phi) is 9.00. The number of hydrogen-bond acceptors (Lipinski definition) is 7. The van der Waals surface area contributed by atoms with Crippen molar-refractivity contribution in [3.8, 4) is 22.6 Å². The van der Waals surface area contributed by atoms with E-state index < -0.39 is 29.7 Å². The number of imidazole rings is 1. The Balaban J connectivity index is 1.62. The third-order valence-electron chi connectivity index (χ3n) is 7.25. The molecule has 230 valence electrons. The summed E-state index contributed by atoms with van der Waals surface area (Å²) in [6.07, 6.45) is 4.72. The number of benzene rings is 1. The van der Waals surface area contributed by atoms with Crippen LogP contribution >= 0.6 is 11.6 Å². The van der Waals surface area contributed by atoms with Gasteiger partial charge in [0.1, 0.15) is 11.7 Å². The molecule has 4 bridgehead atoms. The second-order valence-electron chi connectivity index (χ2n) is 10.8. The van der Waals surface area contributed by atoms with Crippen molar-refractivity contribution in [3.63, 3.8) is 0 Å². The summed E-state index contributed by atoms with van der Waals surface area (Å²) in [6, 6.07) is 7.38. The van der Waals surface area contributed by atoms with Crippen LogP contribution in [0, 0.1) is 11.9 Å². The first kappa shape index (κ1) is 30.7. The lowest BCUT2D eigenvalue weighted by atomic mass is 10.00. The van der Waals surface area contributed by atoms with Gasteiger partial charge in [-0.05, 0) is 48.2 Å². The lowest BCUT2D eigenvalue weighted by molar-refractivity contribution is -0.123. The Morgan fingerprint density at radius 3 is 2.64 bits per heavy atom. The topological polar surface area (TPSA) is 127 Å². The Morgan fingerprint density at radius 1 is 1.14 bits per heavy atom. The van der Waals surface area contributed by atoms with Crippen LogP contribution in [0.1, 0.15) is 46.7 Å². The molecule has 3 amide bonds. The maximum atomic E-state index is 15.5. The minimum Gasteiger partial charge on any atom is -0.493 e. The molecule has 0 aliphatic carbocycles. The van der Waals surface area contributed by atoms with Crippen LogP contribution in [0.3, 0.4) is 0 Å². The van der Waals surface area contributed by atoms with E-state index in [0.29, 0.717) is 34.6 Å². The summed E-state index contributed by atoms with van der Waals surface area (Å²) >= 11 is 6.04. The molecule has 44 heavy (non-hydrogen) atoms. The molecule has 13 heteroatoms. The highest BCUT2D eigenvalue weighted by molar-refractivity contribution is 6.30. The van der Waals surface area contributed by atoms with Gasteiger partial charge in [-0.2, -0.15) is 4.39 Å². The molecule has 4 heterocycles. The van der Waals surface area contributed by atoms with E-state index in [4.69, 9.17) is 21.1 Å². The Hall–Kier alpha value is -4.71. The van der Waals surface area contributed by atoms with E-state index in [1.54, 1.807) is 30.5 Å². The molecule has 1 aromatic carbocycles. The fourth-order valence-corrected chi connectivity index (χ4v) is 5.33. The van der Waals surface area contributed by atoms with Crippen molar-refractivity contribution in [1.29, 1.82) is 0 Å². The average molecular weight is 623 g/mol. The maximum absolute atomic E-state index is 15.5. The molecule has 4 aromatic rings. The van der Waals surface area contributed by atoms with Crippen molar-refractivity contribution in [2.24, 2.45) is 5.92 Å². The highest BCUT2D eigenvalue weighted by Crippen LogP contribution is 2.39. The molecular formula is C31H32ClFN6O5. The maximum Gasteiger partial charge on any atom is 0.277 e. The molecule has 0 fully saturated rings. The molecule has 0 unspecified atom stereocenters. The smallest absolute Gasteiger partial charge is 0.277 e. The number of fused-ring (bicyclic) bond motifs is 6. The first-order chi connectivity index (χ1) is 21.1. The second-order valence-corrected chi connectivity index (χ2v) is 11.3. The van der Waals surface area contributed by atoms with Gasteiger partial charge in [0.25, 0.3) is 11.8 Å². The Morgan fingerprint density at radius 2 is 1.91 bits per heavy atom. The molecule has 1 aliphatic heterocycles. The number of halogens is 2. The average Bonchev–Trinajstić information content (AvgIpc) is 3.33. The van der Waals surface area contributed by atoms with Gasteiger partial charge in [-0.15, -0.1) is 0 Å². The van der Waals surface area contributed by atoms with Crippen molar-refractivity contribution in [2.75, 3.05) is 27.3 Å². The molecule has 1 aliphatic rings. The number of pyridine rings is 2. The summed E-state index contributed by atoms with van der Waals surface area (Å²) in [5.74, 6) is -1.54. The Bertz CT molecular complexity index is 1740. The number of carbonyl (C=O) groups is 3. The summed E-state index contributed by atoms with van der Waals surface area (Å²) in [5.41, 5.74) is 1.81. The number of hydrogen-bond donors (Lipinski definition) is 2. The number of nitrogens with one attached hydrogen (secondary N) is 2. The molecule has 0 spiro atoms. The Labute approximate surface area is 258 Å². The summed E-state index contributed by atoms with van der Waals surface area (Å²) in [4.78, 5) is 50.3. The number of amides is 3. The number of methoxy groups -OCH3 is 2. The highest BCUT2D eigenvalue weighted by atomic mass is 35.5. The van der Waals surface area contributed by atoms with Crippen LogP contribution in [0.25, 0.3) is 16.8 Å². The third kappa shape index (κ3) is 6.30. The lowest BCUT2D eigenvalue weighted by Gasteiger charge is -2.24. The van der Waals surface area contributed by atoms with Gasteiger partial charge in [0.15, 0.2) is 17.2 Å². The van der Waals surface area contributed by atoms with E-state index in [2.05, 4.69) is 20.6 Å². The van der Waals surface area contributed by atoms with Gasteiger partial charge in [0.2, 0.25) is 11.9 Å². The standard InChI is InChI=1S/C31H32ClFN6O5/c1-17(2)9-23-30(41)35-7-8-38(31(42)26-28(33)39-16-21(32)5-6-25(39)37-26)15-18-10-22(27(44-4)24(11-18)43-3)19-12-20(14-34-13-19)29(40)36-23/h5-6,10-14,16-17,23H,7-9,15H2,1-4H3,(H,35,41)(H,36,40)/t23-/m1/s1. The number of aromatic nitrogens is 3. The summed E-state index contributed by atoms with van der Waals surface area (Å²) in [6.45, 7) is 3.95. The van der Waals surface area contributed by atoms with E-state index in [9.17, 15) is 14.4 Å². The van der Waals surface area contributed by atoms with Crippen LogP contribution in [-0.4, -0.2) is 70.3 Å². The van der Waals surface area contributed by atoms with Gasteiger partial charge in [-0.25, -0.2) is 4.98 Å². The van der Waals surface area contributed by atoms with E-state index in [-0.39, 0.29) is 47.5 Å². The molecule has 5 rings (SSSR count). The zero-order valence-electron chi connectivity index (χ0n) is 24.7. The number of carbonyl (C=O) groups excluding carboxylic acids is 3. The first-order valence-corrected chi connectivity index (χ1v) is 14.4. The zero-order valence-corrected chi connectivity index (χ0v) is 25.4. The van der Waals surface area contributed by atoms with Crippen LogP contribution < -0.4 is 20.1 Å². The SMILES string of the molecule is COc1cc2cc(c1OC)-c1cncc(c1)C(=O)N[C@H](CC(C)C)C(=O)NCCN(C(=O)c1nc3ccc(Cl)cn3c1F)C2.